The van der Waals surface area contributed by atoms with Crippen LogP contribution in [-0.2, 0) is 10.6 Å². The zero-order valence-electron chi connectivity index (χ0n) is 15.6. The van der Waals surface area contributed by atoms with Gasteiger partial charge < -0.3 is 19.7 Å². The number of rotatable bonds is 2. The third kappa shape index (κ3) is 2.46. The van der Waals surface area contributed by atoms with Gasteiger partial charge in [-0.3, -0.25) is 9.59 Å². The standard InChI is InChI=1S/C23H18O6/c1-13(24)11-22(27)12-23(15-7-4-8-16(25)20(15)21(22)26)28-17-9-2-5-14-6-3-10-18(29-23)19(14)17/h2-10,25,27H,11-12H2,1H3. The van der Waals surface area contributed by atoms with Crippen LogP contribution < -0.4 is 9.47 Å². The first-order valence-electron chi connectivity index (χ1n) is 9.32. The highest BCUT2D eigenvalue weighted by Crippen LogP contribution is 2.52. The van der Waals surface area contributed by atoms with Crippen molar-refractivity contribution < 1.29 is 29.3 Å². The van der Waals surface area contributed by atoms with Crippen molar-refractivity contribution in [1.82, 2.24) is 0 Å². The van der Waals surface area contributed by atoms with E-state index in [1.165, 1.54) is 13.0 Å². The van der Waals surface area contributed by atoms with Crippen LogP contribution in [0.4, 0.5) is 0 Å². The Hall–Kier alpha value is -3.38. The molecule has 1 spiro atoms. The number of ether oxygens (including phenoxy) is 2. The molecule has 1 heterocycles. The molecular formula is C23H18O6. The quantitative estimate of drug-likeness (QED) is 0.696. The van der Waals surface area contributed by atoms with E-state index in [2.05, 4.69) is 0 Å². The number of hydrogen-bond donors (Lipinski definition) is 2. The maximum Gasteiger partial charge on any atom is 0.282 e. The van der Waals surface area contributed by atoms with Crippen LogP contribution in [0.25, 0.3) is 10.8 Å². The van der Waals surface area contributed by atoms with Crippen LogP contribution in [-0.4, -0.2) is 27.4 Å². The number of aromatic hydroxyl groups is 1. The highest BCUT2D eigenvalue weighted by Gasteiger charge is 2.58. The minimum atomic E-state index is -2.06. The van der Waals surface area contributed by atoms with Gasteiger partial charge in [-0.1, -0.05) is 36.4 Å². The van der Waals surface area contributed by atoms with Gasteiger partial charge in [0.15, 0.2) is 5.78 Å². The Bertz CT molecular complexity index is 1160. The molecule has 1 atom stereocenters. The van der Waals surface area contributed by atoms with E-state index >= 15 is 0 Å². The third-order valence-corrected chi connectivity index (χ3v) is 5.55. The van der Waals surface area contributed by atoms with Gasteiger partial charge in [-0.25, -0.2) is 0 Å². The van der Waals surface area contributed by atoms with Gasteiger partial charge in [0.2, 0.25) is 0 Å². The largest absolute Gasteiger partial charge is 0.507 e. The molecule has 1 aliphatic heterocycles. The van der Waals surface area contributed by atoms with Crippen LogP contribution in [0.1, 0.15) is 35.7 Å². The second kappa shape index (κ2) is 5.81. The Balaban J connectivity index is 1.76. The molecule has 146 valence electrons. The van der Waals surface area contributed by atoms with E-state index in [9.17, 15) is 19.8 Å². The predicted molar refractivity (Wildman–Crippen MR) is 104 cm³/mol. The zero-order valence-corrected chi connectivity index (χ0v) is 15.6. The van der Waals surface area contributed by atoms with E-state index in [1.54, 1.807) is 24.3 Å². The number of Topliss-reactive ketones (excluding diaryl/α,β-unsaturated/α-hetero) is 2. The first-order chi connectivity index (χ1) is 13.8. The Kier molecular flexibility index (Phi) is 3.55. The fourth-order valence-electron chi connectivity index (χ4n) is 4.45. The second-order valence-corrected chi connectivity index (χ2v) is 7.68. The lowest BCUT2D eigenvalue weighted by Gasteiger charge is -2.46. The molecule has 6 heteroatoms. The smallest absolute Gasteiger partial charge is 0.282 e. The molecule has 3 aromatic rings. The summed E-state index contributed by atoms with van der Waals surface area (Å²) in [5.41, 5.74) is -1.83. The van der Waals surface area contributed by atoms with Crippen molar-refractivity contribution in [3.8, 4) is 17.2 Å². The van der Waals surface area contributed by atoms with Gasteiger partial charge in [0, 0.05) is 6.42 Å². The van der Waals surface area contributed by atoms with Crippen molar-refractivity contribution in [2.75, 3.05) is 0 Å². The number of phenolic OH excluding ortho intramolecular Hbond substituents is 1. The van der Waals surface area contributed by atoms with E-state index in [1.807, 2.05) is 24.3 Å². The highest BCUT2D eigenvalue weighted by molar-refractivity contribution is 6.09. The van der Waals surface area contributed by atoms with Crippen molar-refractivity contribution >= 4 is 22.3 Å². The molecule has 6 nitrogen and oxygen atoms in total. The number of aliphatic hydroxyl groups is 1. The number of ketones is 2. The number of phenols is 1. The molecule has 0 amide bonds. The summed E-state index contributed by atoms with van der Waals surface area (Å²) in [4.78, 5) is 24.9. The van der Waals surface area contributed by atoms with Gasteiger partial charge in [0.05, 0.1) is 22.9 Å². The van der Waals surface area contributed by atoms with E-state index in [0.717, 1.165) is 10.8 Å². The molecule has 2 aliphatic rings. The number of hydrogen-bond acceptors (Lipinski definition) is 6. The summed E-state index contributed by atoms with van der Waals surface area (Å²) in [6.45, 7) is 1.30. The number of benzene rings is 3. The molecule has 1 unspecified atom stereocenters. The lowest BCUT2D eigenvalue weighted by atomic mass is 9.72. The predicted octanol–water partition coefficient (Wildman–Crippen LogP) is 3.47. The van der Waals surface area contributed by atoms with Crippen LogP contribution >= 0.6 is 0 Å². The van der Waals surface area contributed by atoms with Gasteiger partial charge >= 0.3 is 0 Å². The maximum atomic E-state index is 13.1. The summed E-state index contributed by atoms with van der Waals surface area (Å²) in [6, 6.07) is 15.7. The average molecular weight is 390 g/mol. The lowest BCUT2D eigenvalue weighted by molar-refractivity contribution is -0.170. The van der Waals surface area contributed by atoms with Crippen LogP contribution in [0.3, 0.4) is 0 Å². The third-order valence-electron chi connectivity index (χ3n) is 5.55. The van der Waals surface area contributed by atoms with E-state index < -0.39 is 23.6 Å². The first kappa shape index (κ1) is 17.7. The summed E-state index contributed by atoms with van der Waals surface area (Å²) >= 11 is 0. The molecule has 5 rings (SSSR count). The monoisotopic (exact) mass is 390 g/mol. The van der Waals surface area contributed by atoms with E-state index in [0.29, 0.717) is 17.1 Å². The normalized spacial score (nSPS) is 21.4. The highest BCUT2D eigenvalue weighted by atomic mass is 16.7. The molecule has 0 radical (unpaired) electrons. The molecule has 0 saturated heterocycles. The van der Waals surface area contributed by atoms with Crippen LogP contribution in [0, 0.1) is 0 Å². The van der Waals surface area contributed by atoms with Crippen molar-refractivity contribution in [2.45, 2.75) is 31.2 Å². The topological polar surface area (TPSA) is 93.1 Å². The molecule has 0 aromatic heterocycles. The van der Waals surface area contributed by atoms with Crippen molar-refractivity contribution in [3.63, 3.8) is 0 Å². The van der Waals surface area contributed by atoms with Gasteiger partial charge in [0.25, 0.3) is 5.79 Å². The maximum absolute atomic E-state index is 13.1. The Morgan fingerprint density at radius 3 is 2.28 bits per heavy atom. The summed E-state index contributed by atoms with van der Waals surface area (Å²) in [5.74, 6) is -1.84. The van der Waals surface area contributed by atoms with Crippen molar-refractivity contribution in [1.29, 1.82) is 0 Å². The zero-order chi connectivity index (χ0) is 20.4. The number of fused-ring (bicyclic) bond motifs is 2. The summed E-state index contributed by atoms with van der Waals surface area (Å²) in [5, 5.41) is 23.3. The molecule has 1 aliphatic carbocycles. The Morgan fingerprint density at radius 2 is 1.66 bits per heavy atom. The molecule has 0 bridgehead atoms. The number of carbonyl (C=O) groups is 2. The minimum absolute atomic E-state index is 0.0888. The first-order valence-corrected chi connectivity index (χ1v) is 9.32. The van der Waals surface area contributed by atoms with Gasteiger partial charge in [-0.05, 0) is 30.5 Å². The van der Waals surface area contributed by atoms with Gasteiger partial charge in [-0.15, -0.1) is 0 Å². The fraction of sp³-hybridized carbons (Fsp3) is 0.217. The molecule has 29 heavy (non-hydrogen) atoms. The Morgan fingerprint density at radius 1 is 1.03 bits per heavy atom. The van der Waals surface area contributed by atoms with Crippen molar-refractivity contribution in [2.24, 2.45) is 0 Å². The molecule has 0 saturated carbocycles. The summed E-state index contributed by atoms with van der Waals surface area (Å²) in [7, 11) is 0. The molecular weight excluding hydrogens is 372 g/mol. The van der Waals surface area contributed by atoms with Gasteiger partial charge in [-0.2, -0.15) is 0 Å². The average Bonchev–Trinajstić information content (AvgIpc) is 2.66. The summed E-state index contributed by atoms with van der Waals surface area (Å²) < 4.78 is 12.6. The minimum Gasteiger partial charge on any atom is -0.507 e. The van der Waals surface area contributed by atoms with Crippen LogP contribution in [0.2, 0.25) is 0 Å². The van der Waals surface area contributed by atoms with E-state index in [4.69, 9.17) is 9.47 Å². The summed E-state index contributed by atoms with van der Waals surface area (Å²) in [6.07, 6.45) is -0.681. The Labute approximate surface area is 166 Å². The van der Waals surface area contributed by atoms with E-state index in [-0.39, 0.29) is 23.5 Å². The second-order valence-electron chi connectivity index (χ2n) is 7.68. The van der Waals surface area contributed by atoms with Crippen molar-refractivity contribution in [3.05, 3.63) is 65.7 Å². The fourth-order valence-corrected chi connectivity index (χ4v) is 4.45. The van der Waals surface area contributed by atoms with Crippen LogP contribution in [0.15, 0.2) is 54.6 Å². The van der Waals surface area contributed by atoms with Crippen LogP contribution in [0.5, 0.6) is 17.2 Å². The van der Waals surface area contributed by atoms with Gasteiger partial charge in [0.1, 0.15) is 28.6 Å². The SMILES string of the molecule is CC(=O)CC1(O)CC2(Oc3cccc4cccc(c34)O2)c2cccc(O)c2C1=O. The molecule has 3 aromatic carbocycles. The lowest BCUT2D eigenvalue weighted by Crippen LogP contribution is -2.57. The molecule has 2 N–H and O–H groups in total. The molecule has 0 fully saturated rings. The number of carbonyl (C=O) groups excluding carboxylic acids is 2.